The molecule has 0 unspecified atom stereocenters. The van der Waals surface area contributed by atoms with Crippen molar-refractivity contribution in [1.82, 2.24) is 0 Å². The normalized spacial score (nSPS) is 11.8. The molecule has 0 spiro atoms. The zero-order valence-corrected chi connectivity index (χ0v) is 7.50. The fraction of sp³-hybridized carbons (Fsp3) is 0.250. The summed E-state index contributed by atoms with van der Waals surface area (Å²) in [6, 6.07) is 2.07. The van der Waals surface area contributed by atoms with E-state index in [0.29, 0.717) is 0 Å². The minimum Gasteiger partial charge on any atom is -0.398 e. The van der Waals surface area contributed by atoms with Gasteiger partial charge in [0.25, 0.3) is 0 Å². The number of rotatable bonds is 0. The Morgan fingerprint density at radius 1 is 1.31 bits per heavy atom. The predicted molar refractivity (Wildman–Crippen MR) is 45.6 cm³/mol. The van der Waals surface area contributed by atoms with Gasteiger partial charge in [-0.05, 0) is 24.6 Å². The first-order chi connectivity index (χ1) is 5.84. The van der Waals surface area contributed by atoms with Crippen LogP contribution in [0.15, 0.2) is 12.1 Å². The molecule has 1 aromatic rings. The number of nitrogens with two attached hydrogens (primary N) is 1. The minimum atomic E-state index is -4.42. The summed E-state index contributed by atoms with van der Waals surface area (Å²) in [5.74, 6) is 0. The summed E-state index contributed by atoms with van der Waals surface area (Å²) in [4.78, 5) is 0. The van der Waals surface area contributed by atoms with Gasteiger partial charge < -0.3 is 5.73 Å². The molecule has 0 heterocycles. The Bertz CT molecular complexity index is 333. The number of benzene rings is 1. The van der Waals surface area contributed by atoms with E-state index in [1.54, 1.807) is 0 Å². The highest BCUT2D eigenvalue weighted by molar-refractivity contribution is 6.31. The van der Waals surface area contributed by atoms with Crippen molar-refractivity contribution in [2.75, 3.05) is 5.73 Å². The average molecular weight is 210 g/mol. The molecule has 0 fully saturated rings. The van der Waals surface area contributed by atoms with Crippen molar-refractivity contribution in [3.05, 3.63) is 28.3 Å². The maximum Gasteiger partial charge on any atom is 0.418 e. The van der Waals surface area contributed by atoms with Gasteiger partial charge in [0.15, 0.2) is 0 Å². The maximum atomic E-state index is 12.2. The van der Waals surface area contributed by atoms with Gasteiger partial charge in [-0.25, -0.2) is 0 Å². The largest absolute Gasteiger partial charge is 0.418 e. The molecule has 0 aliphatic carbocycles. The summed E-state index contributed by atoms with van der Waals surface area (Å²) in [5, 5.41) is 0.241. The second kappa shape index (κ2) is 3.10. The average Bonchev–Trinajstić information content (AvgIpc) is 1.98. The Labute approximate surface area is 78.3 Å². The van der Waals surface area contributed by atoms with Crippen molar-refractivity contribution in [1.29, 1.82) is 0 Å². The molecule has 13 heavy (non-hydrogen) atoms. The molecule has 0 radical (unpaired) electrons. The smallest absolute Gasteiger partial charge is 0.398 e. The number of halogens is 4. The van der Waals surface area contributed by atoms with Crippen LogP contribution in [0, 0.1) is 6.92 Å². The number of hydrogen-bond donors (Lipinski definition) is 1. The van der Waals surface area contributed by atoms with E-state index >= 15 is 0 Å². The first-order valence-corrected chi connectivity index (χ1v) is 3.83. The third-order valence-electron chi connectivity index (χ3n) is 1.75. The molecular weight excluding hydrogens is 203 g/mol. The lowest BCUT2D eigenvalue weighted by Gasteiger charge is -2.12. The molecule has 72 valence electrons. The molecule has 0 bridgehead atoms. The second-order valence-corrected chi connectivity index (χ2v) is 3.04. The quantitative estimate of drug-likeness (QED) is 0.652. The molecule has 2 N–H and O–H groups in total. The van der Waals surface area contributed by atoms with Crippen LogP contribution in [-0.2, 0) is 6.18 Å². The summed E-state index contributed by atoms with van der Waals surface area (Å²) in [7, 11) is 0. The molecule has 1 aromatic carbocycles. The lowest BCUT2D eigenvalue weighted by molar-refractivity contribution is -0.136. The Balaban J connectivity index is 3.35. The highest BCUT2D eigenvalue weighted by Gasteiger charge is 2.33. The van der Waals surface area contributed by atoms with Gasteiger partial charge >= 0.3 is 6.18 Å². The summed E-state index contributed by atoms with van der Waals surface area (Å²) in [5.41, 5.74) is 4.38. The fourth-order valence-electron chi connectivity index (χ4n) is 0.949. The molecule has 0 amide bonds. The Morgan fingerprint density at radius 2 is 1.85 bits per heavy atom. The first kappa shape index (κ1) is 10.2. The second-order valence-electron chi connectivity index (χ2n) is 2.63. The fourth-order valence-corrected chi connectivity index (χ4v) is 1.11. The summed E-state index contributed by atoms with van der Waals surface area (Å²) in [6.07, 6.45) is -4.42. The van der Waals surface area contributed by atoms with Crippen molar-refractivity contribution in [2.45, 2.75) is 13.1 Å². The third kappa shape index (κ3) is 1.88. The Morgan fingerprint density at radius 3 is 2.31 bits per heavy atom. The van der Waals surface area contributed by atoms with Crippen LogP contribution in [0.25, 0.3) is 0 Å². The molecule has 1 rings (SSSR count). The van der Waals surface area contributed by atoms with E-state index in [0.717, 1.165) is 6.07 Å². The molecule has 0 saturated carbocycles. The van der Waals surface area contributed by atoms with Crippen LogP contribution in [0.3, 0.4) is 0 Å². The summed E-state index contributed by atoms with van der Waals surface area (Å²) >= 11 is 5.59. The molecule has 0 atom stereocenters. The van der Waals surface area contributed by atoms with E-state index in [4.69, 9.17) is 17.3 Å². The number of alkyl halides is 3. The van der Waals surface area contributed by atoms with Gasteiger partial charge in [-0.2, -0.15) is 13.2 Å². The molecule has 0 aromatic heterocycles. The van der Waals surface area contributed by atoms with Crippen LogP contribution in [0.4, 0.5) is 18.9 Å². The molecule has 0 aliphatic rings. The van der Waals surface area contributed by atoms with Gasteiger partial charge in [0, 0.05) is 10.7 Å². The molecule has 1 nitrogen and oxygen atoms in total. The zero-order chi connectivity index (χ0) is 10.2. The van der Waals surface area contributed by atoms with E-state index in [2.05, 4.69) is 0 Å². The van der Waals surface area contributed by atoms with Crippen LogP contribution in [0.5, 0.6) is 0 Å². The highest BCUT2D eigenvalue weighted by atomic mass is 35.5. The van der Waals surface area contributed by atoms with Crippen LogP contribution in [0.2, 0.25) is 5.02 Å². The van der Waals surface area contributed by atoms with Gasteiger partial charge in [0.1, 0.15) is 0 Å². The minimum absolute atomic E-state index is 0.241. The third-order valence-corrected chi connectivity index (χ3v) is 2.16. The van der Waals surface area contributed by atoms with Crippen LogP contribution >= 0.6 is 11.6 Å². The van der Waals surface area contributed by atoms with E-state index in [-0.39, 0.29) is 16.3 Å². The topological polar surface area (TPSA) is 26.0 Å². The van der Waals surface area contributed by atoms with Crippen LogP contribution in [0.1, 0.15) is 11.1 Å². The molecule has 0 saturated heterocycles. The SMILES string of the molecule is Cc1c(Cl)ccc(C(F)(F)F)c1N. The Hall–Kier alpha value is -0.900. The van der Waals surface area contributed by atoms with Gasteiger partial charge in [-0.3, -0.25) is 0 Å². The van der Waals surface area contributed by atoms with E-state index in [1.807, 2.05) is 0 Å². The van der Waals surface area contributed by atoms with Crippen molar-refractivity contribution in [2.24, 2.45) is 0 Å². The first-order valence-electron chi connectivity index (χ1n) is 3.46. The van der Waals surface area contributed by atoms with Crippen LogP contribution < -0.4 is 5.73 Å². The van der Waals surface area contributed by atoms with Gasteiger partial charge in [-0.1, -0.05) is 11.6 Å². The summed E-state index contributed by atoms with van der Waals surface area (Å²) < 4.78 is 36.7. The summed E-state index contributed by atoms with van der Waals surface area (Å²) in [6.45, 7) is 1.45. The van der Waals surface area contributed by atoms with Gasteiger partial charge in [0.05, 0.1) is 5.56 Å². The van der Waals surface area contributed by atoms with Crippen LogP contribution in [-0.4, -0.2) is 0 Å². The Kier molecular flexibility index (Phi) is 2.43. The monoisotopic (exact) mass is 209 g/mol. The van der Waals surface area contributed by atoms with E-state index < -0.39 is 11.7 Å². The van der Waals surface area contributed by atoms with E-state index in [9.17, 15) is 13.2 Å². The molecule has 0 aliphatic heterocycles. The van der Waals surface area contributed by atoms with Crippen molar-refractivity contribution >= 4 is 17.3 Å². The molecular formula is C8H7ClF3N. The molecule has 5 heteroatoms. The van der Waals surface area contributed by atoms with Crippen molar-refractivity contribution < 1.29 is 13.2 Å². The standard InChI is InChI=1S/C8H7ClF3N/c1-4-6(9)3-2-5(7(4)13)8(10,11)12/h2-3H,13H2,1H3. The number of nitrogen functional groups attached to an aromatic ring is 1. The maximum absolute atomic E-state index is 12.2. The number of hydrogen-bond acceptors (Lipinski definition) is 1. The van der Waals surface area contributed by atoms with Gasteiger partial charge in [0.2, 0.25) is 0 Å². The lowest BCUT2D eigenvalue weighted by atomic mass is 10.1. The highest BCUT2D eigenvalue weighted by Crippen LogP contribution is 2.36. The lowest BCUT2D eigenvalue weighted by Crippen LogP contribution is -2.09. The zero-order valence-electron chi connectivity index (χ0n) is 6.74. The van der Waals surface area contributed by atoms with E-state index in [1.165, 1.54) is 13.0 Å². The van der Waals surface area contributed by atoms with Gasteiger partial charge in [-0.15, -0.1) is 0 Å². The van der Waals surface area contributed by atoms with Crippen molar-refractivity contribution in [3.63, 3.8) is 0 Å². The predicted octanol–water partition coefficient (Wildman–Crippen LogP) is 3.25. The number of anilines is 1. The van der Waals surface area contributed by atoms with Crippen molar-refractivity contribution in [3.8, 4) is 0 Å².